The molecule has 0 amide bonds. The fraction of sp³-hybridized carbons (Fsp3) is 0.294. The molecule has 0 radical (unpaired) electrons. The lowest BCUT2D eigenvalue weighted by Gasteiger charge is -2.28. The number of nitrogens with zero attached hydrogens (tertiary/aromatic N) is 5. The predicted molar refractivity (Wildman–Crippen MR) is 97.1 cm³/mol. The summed E-state index contributed by atoms with van der Waals surface area (Å²) in [5.74, 6) is 0.784. The lowest BCUT2D eigenvalue weighted by molar-refractivity contribution is 0.122. The molecule has 1 aromatic carbocycles. The van der Waals surface area contributed by atoms with Crippen LogP contribution in [0.15, 0.2) is 35.0 Å². The maximum absolute atomic E-state index is 14.1. The molecule has 1 fully saturated rings. The second-order valence-corrected chi connectivity index (χ2v) is 6.22. The zero-order chi connectivity index (χ0) is 18.6. The van der Waals surface area contributed by atoms with Gasteiger partial charge in [0.05, 0.1) is 31.0 Å². The number of hydrogen-bond acceptors (Lipinski definition) is 8. The lowest BCUT2D eigenvalue weighted by Crippen LogP contribution is -2.37. The summed E-state index contributed by atoms with van der Waals surface area (Å²) >= 11 is 6.14. The number of ether oxygens (including phenoxy) is 1. The van der Waals surface area contributed by atoms with Crippen LogP contribution >= 0.6 is 11.6 Å². The highest BCUT2D eigenvalue weighted by Crippen LogP contribution is 2.25. The van der Waals surface area contributed by atoms with Crippen molar-refractivity contribution in [3.63, 3.8) is 0 Å². The van der Waals surface area contributed by atoms with Gasteiger partial charge in [0.25, 0.3) is 0 Å². The quantitative estimate of drug-likeness (QED) is 0.711. The molecule has 0 saturated carbocycles. The molecule has 10 heteroatoms. The molecule has 1 N–H and O–H groups in total. The summed E-state index contributed by atoms with van der Waals surface area (Å²) in [5, 5.41) is 7.44. The fourth-order valence-corrected chi connectivity index (χ4v) is 2.89. The van der Waals surface area contributed by atoms with Crippen molar-refractivity contribution >= 4 is 23.4 Å². The van der Waals surface area contributed by atoms with Gasteiger partial charge in [0.2, 0.25) is 17.7 Å². The molecule has 3 aromatic rings. The summed E-state index contributed by atoms with van der Waals surface area (Å²) in [6, 6.07) is 7.23. The molecule has 0 atom stereocenters. The van der Waals surface area contributed by atoms with E-state index in [1.54, 1.807) is 6.07 Å². The van der Waals surface area contributed by atoms with E-state index in [0.29, 0.717) is 48.6 Å². The summed E-state index contributed by atoms with van der Waals surface area (Å²) in [6.07, 6.45) is 1.14. The third-order valence-corrected chi connectivity index (χ3v) is 4.35. The molecule has 0 bridgehead atoms. The van der Waals surface area contributed by atoms with Gasteiger partial charge in [-0.1, -0.05) is 28.9 Å². The van der Waals surface area contributed by atoms with Gasteiger partial charge in [-0.25, -0.2) is 9.37 Å². The number of morpholine rings is 1. The van der Waals surface area contributed by atoms with Crippen LogP contribution in [0.2, 0.25) is 5.02 Å². The second-order valence-electron chi connectivity index (χ2n) is 5.81. The minimum Gasteiger partial charge on any atom is -0.378 e. The number of aromatic nitrogens is 4. The number of anilines is 2. The van der Waals surface area contributed by atoms with Crippen LogP contribution < -0.4 is 10.2 Å². The molecule has 2 aromatic heterocycles. The zero-order valence-corrected chi connectivity index (χ0v) is 15.0. The number of hydrogen-bond donors (Lipinski definition) is 1. The van der Waals surface area contributed by atoms with Gasteiger partial charge in [0, 0.05) is 18.7 Å². The van der Waals surface area contributed by atoms with E-state index in [4.69, 9.17) is 20.9 Å². The fourth-order valence-electron chi connectivity index (χ4n) is 2.67. The number of halogens is 2. The Hall–Kier alpha value is -2.78. The van der Waals surface area contributed by atoms with Crippen molar-refractivity contribution in [1.29, 1.82) is 0 Å². The Kier molecular flexibility index (Phi) is 5.12. The molecule has 8 nitrogen and oxygen atoms in total. The highest BCUT2D eigenvalue weighted by Gasteiger charge is 2.18. The molecule has 0 spiro atoms. The van der Waals surface area contributed by atoms with E-state index in [-0.39, 0.29) is 18.3 Å². The summed E-state index contributed by atoms with van der Waals surface area (Å²) in [7, 11) is 0. The third-order valence-electron chi connectivity index (χ3n) is 4.02. The van der Waals surface area contributed by atoms with Crippen molar-refractivity contribution < 1.29 is 13.7 Å². The summed E-state index contributed by atoms with van der Waals surface area (Å²) in [5.41, 5.74) is 0.682. The minimum absolute atomic E-state index is 0.200. The van der Waals surface area contributed by atoms with Crippen molar-refractivity contribution in [3.05, 3.63) is 47.2 Å². The Balaban J connectivity index is 1.45. The Labute approximate surface area is 159 Å². The third kappa shape index (κ3) is 3.99. The van der Waals surface area contributed by atoms with Crippen molar-refractivity contribution in [2.24, 2.45) is 0 Å². The van der Waals surface area contributed by atoms with Gasteiger partial charge < -0.3 is 19.5 Å². The predicted octanol–water partition coefficient (Wildman–Crippen LogP) is 2.77. The van der Waals surface area contributed by atoms with Gasteiger partial charge in [-0.2, -0.15) is 9.97 Å². The van der Waals surface area contributed by atoms with Crippen LogP contribution in [0.25, 0.3) is 11.4 Å². The molecule has 27 heavy (non-hydrogen) atoms. The maximum atomic E-state index is 14.1. The largest absolute Gasteiger partial charge is 0.378 e. The molecule has 140 valence electrons. The first-order valence-electron chi connectivity index (χ1n) is 8.37. The van der Waals surface area contributed by atoms with Crippen LogP contribution in [-0.4, -0.2) is 46.4 Å². The van der Waals surface area contributed by atoms with Crippen molar-refractivity contribution in [2.75, 3.05) is 36.5 Å². The molecule has 1 saturated heterocycles. The first-order valence-corrected chi connectivity index (χ1v) is 8.75. The maximum Gasteiger partial charge on any atom is 0.246 e. The minimum atomic E-state index is -0.471. The molecular weight excluding hydrogens is 375 g/mol. The summed E-state index contributed by atoms with van der Waals surface area (Å²) < 4.78 is 24.6. The van der Waals surface area contributed by atoms with Gasteiger partial charge in [-0.15, -0.1) is 0 Å². The Morgan fingerprint density at radius 1 is 1.19 bits per heavy atom. The van der Waals surface area contributed by atoms with E-state index in [1.165, 1.54) is 0 Å². The molecular formula is C17H16ClFN6O2. The van der Waals surface area contributed by atoms with Crippen molar-refractivity contribution in [3.8, 4) is 11.4 Å². The summed E-state index contributed by atoms with van der Waals surface area (Å²) in [4.78, 5) is 14.3. The van der Waals surface area contributed by atoms with Gasteiger partial charge in [0.1, 0.15) is 0 Å². The number of nitrogens with one attached hydrogen (secondary N) is 1. The molecule has 4 rings (SSSR count). The van der Waals surface area contributed by atoms with Gasteiger partial charge in [-0.3, -0.25) is 0 Å². The van der Waals surface area contributed by atoms with Gasteiger partial charge >= 0.3 is 0 Å². The first kappa shape index (κ1) is 17.6. The Morgan fingerprint density at radius 2 is 2.00 bits per heavy atom. The molecule has 0 unspecified atom stereocenters. The van der Waals surface area contributed by atoms with E-state index in [2.05, 4.69) is 25.4 Å². The highest BCUT2D eigenvalue weighted by atomic mass is 35.5. The molecule has 1 aliphatic rings. The monoisotopic (exact) mass is 390 g/mol. The molecule has 1 aliphatic heterocycles. The topological polar surface area (TPSA) is 89.2 Å². The lowest BCUT2D eigenvalue weighted by atomic mass is 10.2. The molecule has 0 aliphatic carbocycles. The van der Waals surface area contributed by atoms with E-state index in [1.807, 2.05) is 23.1 Å². The van der Waals surface area contributed by atoms with Crippen LogP contribution in [0.1, 0.15) is 5.89 Å². The van der Waals surface area contributed by atoms with E-state index in [0.717, 1.165) is 6.20 Å². The summed E-state index contributed by atoms with van der Waals surface area (Å²) in [6.45, 7) is 2.44. The average molecular weight is 391 g/mol. The van der Waals surface area contributed by atoms with E-state index < -0.39 is 5.82 Å². The number of rotatable bonds is 5. The van der Waals surface area contributed by atoms with E-state index in [9.17, 15) is 4.39 Å². The second kappa shape index (κ2) is 7.85. The standard InChI is InChI=1S/C17H16ClFN6O2/c18-12-4-2-1-3-11(12)15-22-14(27-24-15)10-21-17-20-9-13(19)16(23-17)25-5-7-26-8-6-25/h1-4,9H,5-8,10H2,(H,20,21,23). The van der Waals surface area contributed by atoms with Crippen LogP contribution in [0, 0.1) is 5.82 Å². The van der Waals surface area contributed by atoms with Gasteiger partial charge in [-0.05, 0) is 12.1 Å². The van der Waals surface area contributed by atoms with Crippen LogP contribution in [0.4, 0.5) is 16.2 Å². The average Bonchev–Trinajstić information content (AvgIpc) is 3.17. The highest BCUT2D eigenvalue weighted by molar-refractivity contribution is 6.33. The number of benzene rings is 1. The zero-order valence-electron chi connectivity index (χ0n) is 14.2. The van der Waals surface area contributed by atoms with Crippen LogP contribution in [0.5, 0.6) is 0 Å². The van der Waals surface area contributed by atoms with Crippen LogP contribution in [0.3, 0.4) is 0 Å². The van der Waals surface area contributed by atoms with E-state index >= 15 is 0 Å². The normalized spacial score (nSPS) is 14.4. The smallest absolute Gasteiger partial charge is 0.246 e. The Bertz CT molecular complexity index is 931. The van der Waals surface area contributed by atoms with Gasteiger partial charge in [0.15, 0.2) is 11.6 Å². The van der Waals surface area contributed by atoms with Crippen molar-refractivity contribution in [2.45, 2.75) is 6.54 Å². The first-order chi connectivity index (χ1) is 13.2. The van der Waals surface area contributed by atoms with Crippen molar-refractivity contribution in [1.82, 2.24) is 20.1 Å². The Morgan fingerprint density at radius 3 is 2.81 bits per heavy atom. The van der Waals surface area contributed by atoms with Crippen LogP contribution in [-0.2, 0) is 11.3 Å². The molecule has 3 heterocycles. The SMILES string of the molecule is Fc1cnc(NCc2nc(-c3ccccc3Cl)no2)nc1N1CCOCC1.